The summed E-state index contributed by atoms with van der Waals surface area (Å²) in [7, 11) is 0. The third kappa shape index (κ3) is 5.59. The van der Waals surface area contributed by atoms with Crippen molar-refractivity contribution in [1.82, 2.24) is 14.8 Å². The van der Waals surface area contributed by atoms with Crippen molar-refractivity contribution in [3.8, 4) is 22.8 Å². The molecule has 1 aromatic heterocycles. The summed E-state index contributed by atoms with van der Waals surface area (Å²) in [4.78, 5) is 23.0. The molecule has 1 amide bonds. The van der Waals surface area contributed by atoms with Crippen molar-refractivity contribution >= 4 is 68.2 Å². The van der Waals surface area contributed by atoms with Crippen molar-refractivity contribution in [2.24, 2.45) is 0 Å². The van der Waals surface area contributed by atoms with E-state index in [9.17, 15) is 20.0 Å². The highest BCUT2D eigenvalue weighted by atomic mass is 79.9. The smallest absolute Gasteiger partial charge is 0.272 e. The molecule has 0 atom stereocenters. The molecule has 4 aromatic rings. The highest BCUT2D eigenvalue weighted by Crippen LogP contribution is 2.36. The lowest BCUT2D eigenvalue weighted by molar-refractivity contribution is -0.384. The minimum Gasteiger partial charge on any atom is -0.507 e. The number of rotatable bonds is 7. The Morgan fingerprint density at radius 2 is 1.80 bits per heavy atom. The summed E-state index contributed by atoms with van der Waals surface area (Å²) in [6.07, 6.45) is 0. The van der Waals surface area contributed by atoms with Crippen LogP contribution in [0, 0.1) is 10.1 Å². The lowest BCUT2D eigenvalue weighted by Gasteiger charge is -2.12. The number of nitrogens with one attached hydrogen (secondary N) is 1. The van der Waals surface area contributed by atoms with Crippen LogP contribution in [0.15, 0.2) is 70.3 Å². The number of nitrogens with zero attached hydrogens (tertiary/aromatic N) is 4. The first-order chi connectivity index (χ1) is 16.7. The SMILES string of the molecule is O=C(CSc1nnc(-c2cc(Br)ccc2O)n1-c1ccccc1)Nc1c(Cl)cc([N+](=O)[O-])cc1Cl. The van der Waals surface area contributed by atoms with Crippen LogP contribution in [0.2, 0.25) is 10.0 Å². The van der Waals surface area contributed by atoms with Crippen LogP contribution in [0.5, 0.6) is 5.75 Å². The van der Waals surface area contributed by atoms with Crippen molar-refractivity contribution in [2.75, 3.05) is 11.1 Å². The molecule has 9 nitrogen and oxygen atoms in total. The molecule has 0 aliphatic heterocycles. The van der Waals surface area contributed by atoms with E-state index in [1.807, 2.05) is 30.3 Å². The number of nitro benzene ring substituents is 1. The second-order valence-corrected chi connectivity index (χ2v) is 9.69. The van der Waals surface area contributed by atoms with Gasteiger partial charge >= 0.3 is 0 Å². The van der Waals surface area contributed by atoms with Crippen LogP contribution >= 0.6 is 50.9 Å². The maximum Gasteiger partial charge on any atom is 0.272 e. The molecule has 35 heavy (non-hydrogen) atoms. The number of phenolic OH excluding ortho intramolecular Hbond substituents is 1. The quantitative estimate of drug-likeness (QED) is 0.145. The molecule has 0 bridgehead atoms. The van der Waals surface area contributed by atoms with E-state index in [0.29, 0.717) is 16.5 Å². The van der Waals surface area contributed by atoms with E-state index >= 15 is 0 Å². The van der Waals surface area contributed by atoms with Gasteiger partial charge in [0.2, 0.25) is 5.91 Å². The Hall–Kier alpha value is -3.12. The summed E-state index contributed by atoms with van der Waals surface area (Å²) >= 11 is 16.7. The lowest BCUT2D eigenvalue weighted by atomic mass is 10.2. The number of hydrogen-bond donors (Lipinski definition) is 2. The van der Waals surface area contributed by atoms with Crippen LogP contribution in [0.4, 0.5) is 11.4 Å². The summed E-state index contributed by atoms with van der Waals surface area (Å²) in [5, 5.41) is 32.7. The molecule has 0 aliphatic carbocycles. The van der Waals surface area contributed by atoms with Crippen molar-refractivity contribution in [1.29, 1.82) is 0 Å². The molecule has 0 saturated carbocycles. The molecule has 13 heteroatoms. The molecule has 4 rings (SSSR count). The number of amides is 1. The number of carbonyl (C=O) groups excluding carboxylic acids is 1. The molecule has 0 radical (unpaired) electrons. The van der Waals surface area contributed by atoms with Gasteiger partial charge in [0, 0.05) is 22.3 Å². The Morgan fingerprint density at radius 3 is 2.46 bits per heavy atom. The third-order valence-electron chi connectivity index (χ3n) is 4.68. The zero-order valence-corrected chi connectivity index (χ0v) is 21.4. The third-order valence-corrected chi connectivity index (χ3v) is 6.70. The van der Waals surface area contributed by atoms with Crippen molar-refractivity contribution in [2.45, 2.75) is 5.16 Å². The van der Waals surface area contributed by atoms with Gasteiger partial charge < -0.3 is 10.4 Å². The normalized spacial score (nSPS) is 10.8. The van der Waals surface area contributed by atoms with Crippen LogP contribution < -0.4 is 5.32 Å². The Bertz CT molecular complexity index is 1410. The van der Waals surface area contributed by atoms with Crippen LogP contribution in [-0.4, -0.2) is 36.5 Å². The van der Waals surface area contributed by atoms with Gasteiger partial charge in [0.15, 0.2) is 11.0 Å². The minimum atomic E-state index is -0.629. The molecular formula is C22H14BrCl2N5O4S. The molecule has 0 saturated heterocycles. The molecule has 0 spiro atoms. The topological polar surface area (TPSA) is 123 Å². The first kappa shape index (κ1) is 25.0. The fraction of sp³-hybridized carbons (Fsp3) is 0.0455. The average molecular weight is 595 g/mol. The number of aromatic nitrogens is 3. The maximum atomic E-state index is 12.6. The number of hydrogen-bond acceptors (Lipinski definition) is 7. The molecule has 1 heterocycles. The Labute approximate surface area is 221 Å². The molecule has 2 N–H and O–H groups in total. The largest absolute Gasteiger partial charge is 0.507 e. The molecule has 0 fully saturated rings. The molecule has 0 unspecified atom stereocenters. The standard InChI is InChI=1S/C22H14BrCl2N5O4S/c23-12-6-7-18(31)15(8-12)21-27-28-22(29(21)13-4-2-1-3-5-13)35-11-19(32)26-20-16(24)9-14(30(33)34)10-17(20)25/h1-10,31H,11H2,(H,26,32). The van der Waals surface area contributed by atoms with E-state index in [1.165, 1.54) is 0 Å². The molecule has 178 valence electrons. The van der Waals surface area contributed by atoms with Gasteiger partial charge in [0.25, 0.3) is 5.69 Å². The number of halogens is 3. The number of para-hydroxylation sites is 1. The predicted molar refractivity (Wildman–Crippen MR) is 139 cm³/mol. The van der Waals surface area contributed by atoms with Gasteiger partial charge in [-0.05, 0) is 30.3 Å². The van der Waals surface area contributed by atoms with Gasteiger partial charge in [-0.1, -0.05) is 69.1 Å². The summed E-state index contributed by atoms with van der Waals surface area (Å²) in [5.74, 6) is -0.130. The Balaban J connectivity index is 1.61. The van der Waals surface area contributed by atoms with E-state index in [0.717, 1.165) is 34.1 Å². The highest BCUT2D eigenvalue weighted by molar-refractivity contribution is 9.10. The summed E-state index contributed by atoms with van der Waals surface area (Å²) in [6.45, 7) is 0. The number of carbonyl (C=O) groups is 1. The Morgan fingerprint density at radius 1 is 1.11 bits per heavy atom. The summed E-state index contributed by atoms with van der Waals surface area (Å²) < 4.78 is 2.48. The lowest BCUT2D eigenvalue weighted by Crippen LogP contribution is -2.15. The minimum absolute atomic E-state index is 0.0227. The molecule has 3 aromatic carbocycles. The zero-order chi connectivity index (χ0) is 25.1. The monoisotopic (exact) mass is 593 g/mol. The van der Waals surface area contributed by atoms with Gasteiger partial charge in [-0.3, -0.25) is 19.5 Å². The zero-order valence-electron chi connectivity index (χ0n) is 17.5. The second kappa shape index (κ2) is 10.6. The van der Waals surface area contributed by atoms with Crippen molar-refractivity contribution in [3.05, 3.63) is 85.3 Å². The van der Waals surface area contributed by atoms with Gasteiger partial charge in [0.05, 0.1) is 32.0 Å². The summed E-state index contributed by atoms with van der Waals surface area (Å²) in [5.41, 5.74) is 0.980. The van der Waals surface area contributed by atoms with Crippen LogP contribution in [0.1, 0.15) is 0 Å². The van der Waals surface area contributed by atoms with Gasteiger partial charge in [-0.15, -0.1) is 10.2 Å². The van der Waals surface area contributed by atoms with E-state index in [-0.39, 0.29) is 32.9 Å². The molecule has 0 aliphatic rings. The average Bonchev–Trinajstić information content (AvgIpc) is 3.25. The second-order valence-electron chi connectivity index (χ2n) is 7.02. The molecular weight excluding hydrogens is 581 g/mol. The van der Waals surface area contributed by atoms with Gasteiger partial charge in [-0.2, -0.15) is 0 Å². The maximum absolute atomic E-state index is 12.6. The van der Waals surface area contributed by atoms with E-state index in [2.05, 4.69) is 31.4 Å². The van der Waals surface area contributed by atoms with Crippen LogP contribution in [-0.2, 0) is 4.79 Å². The first-order valence-corrected chi connectivity index (χ1v) is 12.3. The van der Waals surface area contributed by atoms with E-state index < -0.39 is 10.8 Å². The first-order valence-electron chi connectivity index (χ1n) is 9.80. The fourth-order valence-corrected chi connectivity index (χ4v) is 4.81. The number of thioether (sulfide) groups is 1. The van der Waals surface area contributed by atoms with E-state index in [1.54, 1.807) is 22.8 Å². The van der Waals surface area contributed by atoms with Crippen molar-refractivity contribution < 1.29 is 14.8 Å². The number of aromatic hydroxyl groups is 1. The summed E-state index contributed by atoms with van der Waals surface area (Å²) in [6, 6.07) is 16.4. The van der Waals surface area contributed by atoms with Crippen LogP contribution in [0.3, 0.4) is 0 Å². The van der Waals surface area contributed by atoms with Gasteiger partial charge in [0.1, 0.15) is 5.75 Å². The fourth-order valence-electron chi connectivity index (χ4n) is 3.13. The van der Waals surface area contributed by atoms with Crippen LogP contribution in [0.25, 0.3) is 17.1 Å². The van der Waals surface area contributed by atoms with Gasteiger partial charge in [-0.25, -0.2) is 0 Å². The number of anilines is 1. The Kier molecular flexibility index (Phi) is 7.60. The number of nitro groups is 1. The van der Waals surface area contributed by atoms with Crippen molar-refractivity contribution in [3.63, 3.8) is 0 Å². The number of non-ortho nitro benzene ring substituents is 1. The predicted octanol–water partition coefficient (Wildman–Crippen LogP) is 6.35. The number of benzene rings is 3. The van der Waals surface area contributed by atoms with E-state index in [4.69, 9.17) is 23.2 Å². The highest BCUT2D eigenvalue weighted by Gasteiger charge is 2.21. The number of phenols is 1.